The smallest absolute Gasteiger partial charge is 0.145 e. The molecule has 0 aliphatic heterocycles. The summed E-state index contributed by atoms with van der Waals surface area (Å²) in [4.78, 5) is 4.37. The van der Waals surface area contributed by atoms with Crippen molar-refractivity contribution < 1.29 is 9.84 Å². The molecule has 3 aromatic rings. The van der Waals surface area contributed by atoms with Gasteiger partial charge in [0.2, 0.25) is 0 Å². The Kier molecular flexibility index (Phi) is 4.91. The van der Waals surface area contributed by atoms with Crippen molar-refractivity contribution in [3.63, 3.8) is 0 Å². The van der Waals surface area contributed by atoms with Gasteiger partial charge in [-0.25, -0.2) is 4.68 Å². The highest BCUT2D eigenvalue weighted by atomic mass is 16.5. The minimum absolute atomic E-state index is 0.107. The number of tetrazole rings is 1. The molecule has 1 atom stereocenters. The van der Waals surface area contributed by atoms with Gasteiger partial charge in [-0.15, -0.1) is 5.10 Å². The van der Waals surface area contributed by atoms with Crippen molar-refractivity contribution in [2.75, 3.05) is 0 Å². The molecule has 1 N–H and O–H groups in total. The summed E-state index contributed by atoms with van der Waals surface area (Å²) >= 11 is 0. The molecule has 0 fully saturated rings. The second kappa shape index (κ2) is 7.29. The summed E-state index contributed by atoms with van der Waals surface area (Å²) in [5, 5.41) is 30.9. The average Bonchev–Trinajstić information content (AvgIpc) is 3.15. The molecular formula is C18H18N6O2. The van der Waals surface area contributed by atoms with Crippen LogP contribution >= 0.6 is 0 Å². The molecule has 8 nitrogen and oxygen atoms in total. The van der Waals surface area contributed by atoms with E-state index in [-0.39, 0.29) is 12.5 Å². The van der Waals surface area contributed by atoms with Gasteiger partial charge in [-0.2, -0.15) is 5.26 Å². The standard InChI is InChI=1S/C18H18N6O2/c1-13(2)18(25,11-24-12-21-22-23-24)17-8-7-16(10-20-17)26-15-5-3-14(9-19)4-6-15/h3-8,10,12-13,25H,11H2,1-2H3. The molecule has 0 aliphatic carbocycles. The summed E-state index contributed by atoms with van der Waals surface area (Å²) in [6.07, 6.45) is 3.01. The molecule has 0 saturated heterocycles. The lowest BCUT2D eigenvalue weighted by Gasteiger charge is -2.31. The zero-order valence-electron chi connectivity index (χ0n) is 14.4. The third-order valence-corrected chi connectivity index (χ3v) is 4.15. The molecule has 0 aliphatic rings. The molecule has 2 aromatic heterocycles. The van der Waals surface area contributed by atoms with Crippen LogP contribution in [0.25, 0.3) is 0 Å². The van der Waals surface area contributed by atoms with Crippen LogP contribution in [0.2, 0.25) is 0 Å². The van der Waals surface area contributed by atoms with Crippen LogP contribution in [0, 0.1) is 17.2 Å². The molecule has 132 valence electrons. The number of aromatic nitrogens is 5. The average molecular weight is 350 g/mol. The Balaban J connectivity index is 1.79. The summed E-state index contributed by atoms with van der Waals surface area (Å²) < 4.78 is 7.20. The SMILES string of the molecule is CC(C)C(O)(Cn1cnnn1)c1ccc(Oc2ccc(C#N)cc2)cn1. The van der Waals surface area contributed by atoms with E-state index >= 15 is 0 Å². The van der Waals surface area contributed by atoms with Crippen molar-refractivity contribution in [1.29, 1.82) is 5.26 Å². The van der Waals surface area contributed by atoms with Gasteiger partial charge in [0, 0.05) is 0 Å². The number of benzene rings is 1. The van der Waals surface area contributed by atoms with Crippen molar-refractivity contribution in [3.05, 3.63) is 60.2 Å². The summed E-state index contributed by atoms with van der Waals surface area (Å²) in [6.45, 7) is 4.01. The fourth-order valence-electron chi connectivity index (χ4n) is 2.49. The van der Waals surface area contributed by atoms with Crippen LogP contribution in [-0.2, 0) is 12.1 Å². The van der Waals surface area contributed by atoms with Gasteiger partial charge in [0.25, 0.3) is 0 Å². The predicted molar refractivity (Wildman–Crippen MR) is 92.0 cm³/mol. The Morgan fingerprint density at radius 3 is 2.46 bits per heavy atom. The molecule has 3 rings (SSSR count). The Morgan fingerprint density at radius 1 is 1.19 bits per heavy atom. The molecular weight excluding hydrogens is 332 g/mol. The number of pyridine rings is 1. The van der Waals surface area contributed by atoms with Crippen LogP contribution in [0.4, 0.5) is 0 Å². The Hall–Kier alpha value is -3.31. The van der Waals surface area contributed by atoms with Crippen LogP contribution in [0.3, 0.4) is 0 Å². The van der Waals surface area contributed by atoms with E-state index in [9.17, 15) is 5.11 Å². The second-order valence-electron chi connectivity index (χ2n) is 6.20. The van der Waals surface area contributed by atoms with Gasteiger partial charge in [-0.05, 0) is 52.7 Å². The number of nitrogens with zero attached hydrogens (tertiary/aromatic N) is 6. The fourth-order valence-corrected chi connectivity index (χ4v) is 2.49. The minimum Gasteiger partial charge on any atom is -0.456 e. The fraction of sp³-hybridized carbons (Fsp3) is 0.278. The lowest BCUT2D eigenvalue weighted by molar-refractivity contribution is -0.0337. The van der Waals surface area contributed by atoms with Crippen LogP contribution in [0.1, 0.15) is 25.1 Å². The van der Waals surface area contributed by atoms with E-state index in [0.29, 0.717) is 22.8 Å². The minimum atomic E-state index is -1.22. The maximum atomic E-state index is 11.1. The molecule has 0 spiro atoms. The number of hydrogen-bond acceptors (Lipinski definition) is 7. The molecule has 0 bridgehead atoms. The topological polar surface area (TPSA) is 110 Å². The Bertz CT molecular complexity index is 885. The largest absolute Gasteiger partial charge is 0.456 e. The van der Waals surface area contributed by atoms with Gasteiger partial charge in [0.1, 0.15) is 23.4 Å². The van der Waals surface area contributed by atoms with E-state index < -0.39 is 5.60 Å². The summed E-state index contributed by atoms with van der Waals surface area (Å²) in [5.74, 6) is 1.03. The number of ether oxygens (including phenoxy) is 1. The summed E-state index contributed by atoms with van der Waals surface area (Å²) in [6, 6.07) is 12.3. The van der Waals surface area contributed by atoms with Crippen molar-refractivity contribution in [2.45, 2.75) is 26.0 Å². The van der Waals surface area contributed by atoms with E-state index in [4.69, 9.17) is 10.00 Å². The van der Waals surface area contributed by atoms with Gasteiger partial charge in [0.15, 0.2) is 0 Å². The zero-order valence-corrected chi connectivity index (χ0v) is 14.4. The van der Waals surface area contributed by atoms with Gasteiger partial charge in [-0.1, -0.05) is 13.8 Å². The molecule has 1 unspecified atom stereocenters. The number of rotatable bonds is 6. The van der Waals surface area contributed by atoms with Crippen LogP contribution in [0.15, 0.2) is 48.9 Å². The Labute approximate surface area is 150 Å². The maximum absolute atomic E-state index is 11.1. The van der Waals surface area contributed by atoms with Gasteiger partial charge < -0.3 is 9.84 Å². The van der Waals surface area contributed by atoms with E-state index in [1.165, 1.54) is 11.0 Å². The first kappa shape index (κ1) is 17.5. The van der Waals surface area contributed by atoms with Crippen molar-refractivity contribution in [2.24, 2.45) is 5.92 Å². The highest BCUT2D eigenvalue weighted by Crippen LogP contribution is 2.31. The first-order valence-electron chi connectivity index (χ1n) is 8.09. The molecule has 2 heterocycles. The third-order valence-electron chi connectivity index (χ3n) is 4.15. The number of nitriles is 1. The molecule has 1 aromatic carbocycles. The third kappa shape index (κ3) is 3.68. The second-order valence-corrected chi connectivity index (χ2v) is 6.20. The molecule has 0 radical (unpaired) electrons. The van der Waals surface area contributed by atoms with Crippen molar-refractivity contribution in [3.8, 4) is 17.6 Å². The number of hydrogen-bond donors (Lipinski definition) is 1. The monoisotopic (exact) mass is 350 g/mol. The molecule has 0 amide bonds. The van der Waals surface area contributed by atoms with Gasteiger partial charge in [-0.3, -0.25) is 4.98 Å². The van der Waals surface area contributed by atoms with E-state index in [1.807, 2.05) is 13.8 Å². The van der Waals surface area contributed by atoms with Gasteiger partial charge >= 0.3 is 0 Å². The molecule has 0 saturated carbocycles. The maximum Gasteiger partial charge on any atom is 0.145 e. The number of aliphatic hydroxyl groups is 1. The van der Waals surface area contributed by atoms with E-state index in [1.54, 1.807) is 42.6 Å². The van der Waals surface area contributed by atoms with Crippen LogP contribution in [0.5, 0.6) is 11.5 Å². The highest BCUT2D eigenvalue weighted by molar-refractivity contribution is 5.37. The molecule has 26 heavy (non-hydrogen) atoms. The van der Waals surface area contributed by atoms with Crippen LogP contribution < -0.4 is 4.74 Å². The first-order chi connectivity index (χ1) is 12.5. The quantitative estimate of drug-likeness (QED) is 0.726. The lowest BCUT2D eigenvalue weighted by Crippen LogP contribution is -2.38. The Morgan fingerprint density at radius 2 is 1.92 bits per heavy atom. The zero-order chi connectivity index (χ0) is 18.6. The summed E-state index contributed by atoms with van der Waals surface area (Å²) in [7, 11) is 0. The van der Waals surface area contributed by atoms with Crippen molar-refractivity contribution >= 4 is 0 Å². The van der Waals surface area contributed by atoms with E-state index in [0.717, 1.165) is 0 Å². The normalized spacial score (nSPS) is 13.2. The predicted octanol–water partition coefficient (Wildman–Crippen LogP) is 2.28. The van der Waals surface area contributed by atoms with E-state index in [2.05, 4.69) is 26.6 Å². The summed E-state index contributed by atoms with van der Waals surface area (Å²) in [5.41, 5.74) is -0.145. The van der Waals surface area contributed by atoms with Crippen LogP contribution in [-0.4, -0.2) is 30.3 Å². The first-order valence-corrected chi connectivity index (χ1v) is 8.09. The highest BCUT2D eigenvalue weighted by Gasteiger charge is 2.35. The van der Waals surface area contributed by atoms with Crippen molar-refractivity contribution in [1.82, 2.24) is 25.2 Å². The lowest BCUT2D eigenvalue weighted by atomic mass is 9.86. The molecule has 8 heteroatoms. The van der Waals surface area contributed by atoms with Gasteiger partial charge in [0.05, 0.1) is 30.1 Å².